The summed E-state index contributed by atoms with van der Waals surface area (Å²) in [6.07, 6.45) is 3.40. The van der Waals surface area contributed by atoms with E-state index in [1.807, 2.05) is 0 Å². The molecule has 0 aromatic carbocycles. The van der Waals surface area contributed by atoms with Crippen LogP contribution < -0.4 is 0 Å². The fourth-order valence-electron chi connectivity index (χ4n) is 5.28. The zero-order valence-electron chi connectivity index (χ0n) is 11.4. The van der Waals surface area contributed by atoms with Gasteiger partial charge in [0.1, 0.15) is 5.78 Å². The van der Waals surface area contributed by atoms with Crippen molar-refractivity contribution in [2.75, 3.05) is 0 Å². The van der Waals surface area contributed by atoms with Crippen LogP contribution in [-0.4, -0.2) is 16.9 Å². The van der Waals surface area contributed by atoms with Crippen molar-refractivity contribution in [1.82, 2.24) is 0 Å². The Morgan fingerprint density at radius 3 is 2.22 bits per heavy atom. The summed E-state index contributed by atoms with van der Waals surface area (Å²) in [6.45, 7) is 6.25. The zero-order valence-corrected chi connectivity index (χ0v) is 11.4. The van der Waals surface area contributed by atoms with Crippen LogP contribution in [0.15, 0.2) is 0 Å². The maximum atomic E-state index is 12.1. The number of carboxylic acid groups (broad SMARTS) is 1. The maximum Gasteiger partial charge on any atom is 0.306 e. The highest BCUT2D eigenvalue weighted by molar-refractivity contribution is 5.84. The van der Waals surface area contributed by atoms with E-state index in [-0.39, 0.29) is 17.6 Å². The van der Waals surface area contributed by atoms with Crippen LogP contribution in [0.2, 0.25) is 0 Å². The normalized spacial score (nSPS) is 49.2. The second-order valence-electron chi connectivity index (χ2n) is 7.24. The van der Waals surface area contributed by atoms with Gasteiger partial charge in [-0.05, 0) is 41.4 Å². The lowest BCUT2D eigenvalue weighted by Crippen LogP contribution is -2.31. The smallest absolute Gasteiger partial charge is 0.306 e. The van der Waals surface area contributed by atoms with Gasteiger partial charge in [-0.15, -0.1) is 0 Å². The quantitative estimate of drug-likeness (QED) is 0.816. The van der Waals surface area contributed by atoms with Gasteiger partial charge in [0.2, 0.25) is 0 Å². The lowest BCUT2D eigenvalue weighted by molar-refractivity contribution is -0.143. The average molecular weight is 250 g/mol. The average Bonchev–Trinajstić information content (AvgIpc) is 2.64. The molecule has 3 heteroatoms. The van der Waals surface area contributed by atoms with Gasteiger partial charge in [-0.25, -0.2) is 0 Å². The van der Waals surface area contributed by atoms with Gasteiger partial charge in [0.15, 0.2) is 0 Å². The van der Waals surface area contributed by atoms with E-state index < -0.39 is 11.9 Å². The number of rotatable bonds is 5. The summed E-state index contributed by atoms with van der Waals surface area (Å²) in [4.78, 5) is 22.9. The molecule has 4 aliphatic rings. The molecule has 0 heterocycles. The van der Waals surface area contributed by atoms with E-state index >= 15 is 0 Å². The Balaban J connectivity index is 1.67. The number of Topliss-reactive ketones (excluding diaryl/α,β-unsaturated/α-hetero) is 1. The van der Waals surface area contributed by atoms with Crippen LogP contribution in [0.25, 0.3) is 0 Å². The molecule has 100 valence electrons. The van der Waals surface area contributed by atoms with E-state index in [1.54, 1.807) is 6.92 Å². The van der Waals surface area contributed by atoms with Crippen molar-refractivity contribution in [3.8, 4) is 0 Å². The highest BCUT2D eigenvalue weighted by atomic mass is 16.4. The van der Waals surface area contributed by atoms with Gasteiger partial charge in [0.05, 0.1) is 5.92 Å². The van der Waals surface area contributed by atoms with Crippen LogP contribution in [0.3, 0.4) is 0 Å². The molecular weight excluding hydrogens is 228 g/mol. The SMILES string of the molecule is CC(CC(=O)CC1(C)C2CC3C(C2)C31C)C(=O)O. The fraction of sp³-hybridized carbons (Fsp3) is 0.867. The predicted molar refractivity (Wildman–Crippen MR) is 67.0 cm³/mol. The molecule has 3 nitrogen and oxygen atoms in total. The van der Waals surface area contributed by atoms with Crippen LogP contribution in [-0.2, 0) is 9.59 Å². The highest BCUT2D eigenvalue weighted by Gasteiger charge is 2.81. The van der Waals surface area contributed by atoms with Crippen LogP contribution >= 0.6 is 0 Å². The molecular formula is C15H22O3. The Morgan fingerprint density at radius 2 is 1.83 bits per heavy atom. The molecule has 0 aromatic heterocycles. The molecule has 0 aromatic rings. The number of carbonyl (C=O) groups excluding carboxylic acids is 1. The van der Waals surface area contributed by atoms with Gasteiger partial charge in [0, 0.05) is 12.8 Å². The first kappa shape index (κ1) is 12.2. The second kappa shape index (κ2) is 3.37. The summed E-state index contributed by atoms with van der Waals surface area (Å²) in [6, 6.07) is 0. The van der Waals surface area contributed by atoms with Crippen molar-refractivity contribution >= 4 is 11.8 Å². The Kier molecular flexibility index (Phi) is 2.28. The number of aliphatic carboxylic acids is 1. The van der Waals surface area contributed by atoms with E-state index in [4.69, 9.17) is 5.11 Å². The van der Waals surface area contributed by atoms with Crippen molar-refractivity contribution in [2.45, 2.75) is 46.5 Å². The van der Waals surface area contributed by atoms with Crippen molar-refractivity contribution in [3.63, 3.8) is 0 Å². The summed E-state index contributed by atoms with van der Waals surface area (Å²) >= 11 is 0. The Bertz CT molecular complexity index is 415. The Morgan fingerprint density at radius 1 is 1.28 bits per heavy atom. The van der Waals surface area contributed by atoms with Gasteiger partial charge >= 0.3 is 5.97 Å². The van der Waals surface area contributed by atoms with Crippen LogP contribution in [0.1, 0.15) is 46.5 Å². The molecule has 4 unspecified atom stereocenters. The van der Waals surface area contributed by atoms with Crippen molar-refractivity contribution in [1.29, 1.82) is 0 Å². The van der Waals surface area contributed by atoms with Crippen LogP contribution in [0.5, 0.6) is 0 Å². The summed E-state index contributed by atoms with van der Waals surface area (Å²) in [5, 5.41) is 8.87. The molecule has 4 saturated carbocycles. The number of hydrogen-bond acceptors (Lipinski definition) is 2. The minimum absolute atomic E-state index is 0.145. The number of carbonyl (C=O) groups is 2. The van der Waals surface area contributed by atoms with E-state index in [2.05, 4.69) is 13.8 Å². The Hall–Kier alpha value is -0.860. The topological polar surface area (TPSA) is 54.4 Å². The molecule has 0 spiro atoms. The molecule has 18 heavy (non-hydrogen) atoms. The first-order valence-corrected chi connectivity index (χ1v) is 7.05. The summed E-state index contributed by atoms with van der Waals surface area (Å²) in [5.41, 5.74) is 0.539. The van der Waals surface area contributed by atoms with Crippen LogP contribution in [0, 0.1) is 34.5 Å². The van der Waals surface area contributed by atoms with Crippen molar-refractivity contribution < 1.29 is 14.7 Å². The van der Waals surface area contributed by atoms with E-state index in [9.17, 15) is 9.59 Å². The van der Waals surface area contributed by atoms with Crippen molar-refractivity contribution in [3.05, 3.63) is 0 Å². The summed E-state index contributed by atoms with van der Waals surface area (Å²) in [7, 11) is 0. The van der Waals surface area contributed by atoms with Gasteiger partial charge in [-0.1, -0.05) is 20.8 Å². The van der Waals surface area contributed by atoms with E-state index in [0.717, 1.165) is 11.8 Å². The number of ketones is 1. The van der Waals surface area contributed by atoms with Crippen molar-refractivity contribution in [2.24, 2.45) is 34.5 Å². The molecule has 4 aliphatic carbocycles. The third kappa shape index (κ3) is 1.25. The maximum absolute atomic E-state index is 12.1. The fourth-order valence-corrected chi connectivity index (χ4v) is 5.28. The molecule has 4 rings (SSSR count). The second-order valence-corrected chi connectivity index (χ2v) is 7.24. The lowest BCUT2D eigenvalue weighted by Gasteiger charge is -2.33. The highest BCUT2D eigenvalue weighted by Crippen LogP contribution is 2.86. The monoisotopic (exact) mass is 250 g/mol. The predicted octanol–water partition coefficient (Wildman–Crippen LogP) is 2.74. The molecule has 0 saturated heterocycles. The zero-order chi connectivity index (χ0) is 13.3. The van der Waals surface area contributed by atoms with Gasteiger partial charge in [-0.3, -0.25) is 9.59 Å². The van der Waals surface area contributed by atoms with Crippen LogP contribution in [0.4, 0.5) is 0 Å². The Labute approximate surface area is 108 Å². The summed E-state index contributed by atoms with van der Waals surface area (Å²) in [5.74, 6) is 1.17. The first-order valence-electron chi connectivity index (χ1n) is 7.05. The molecule has 1 N–H and O–H groups in total. The van der Waals surface area contributed by atoms with Gasteiger partial charge < -0.3 is 5.11 Å². The minimum Gasteiger partial charge on any atom is -0.481 e. The van der Waals surface area contributed by atoms with E-state index in [0.29, 0.717) is 17.8 Å². The molecule has 0 aliphatic heterocycles. The lowest BCUT2D eigenvalue weighted by atomic mass is 9.70. The summed E-state index contributed by atoms with van der Waals surface area (Å²) < 4.78 is 0. The first-order chi connectivity index (χ1) is 8.30. The molecule has 4 fully saturated rings. The largest absolute Gasteiger partial charge is 0.481 e. The number of carboxylic acids is 1. The van der Waals surface area contributed by atoms with Gasteiger partial charge in [-0.2, -0.15) is 0 Å². The molecule has 0 amide bonds. The third-order valence-electron chi connectivity index (χ3n) is 6.65. The van der Waals surface area contributed by atoms with Gasteiger partial charge in [0.25, 0.3) is 0 Å². The number of hydrogen-bond donors (Lipinski definition) is 1. The molecule has 4 bridgehead atoms. The molecule has 0 radical (unpaired) electrons. The molecule has 4 atom stereocenters. The third-order valence-corrected chi connectivity index (χ3v) is 6.65. The standard InChI is InChI=1S/C15H22O3/c1-8(13(17)18)4-10(16)7-14(2)9-5-11-12(6-9)15(11,14)3/h8-9,11-12H,4-7H2,1-3H3,(H,17,18). The minimum atomic E-state index is -0.861. The van der Waals surface area contributed by atoms with E-state index in [1.165, 1.54) is 12.8 Å².